The summed E-state index contributed by atoms with van der Waals surface area (Å²) in [6.45, 7) is 3.25. The van der Waals surface area contributed by atoms with E-state index in [0.29, 0.717) is 28.3 Å². The van der Waals surface area contributed by atoms with Gasteiger partial charge in [-0.2, -0.15) is 4.98 Å². The van der Waals surface area contributed by atoms with Crippen molar-refractivity contribution >= 4 is 61.9 Å². The lowest BCUT2D eigenvalue weighted by Gasteiger charge is -2.15. The van der Waals surface area contributed by atoms with Gasteiger partial charge in [-0.25, -0.2) is 13.4 Å². The van der Waals surface area contributed by atoms with Gasteiger partial charge in [0.1, 0.15) is 5.02 Å². The maximum Gasteiger partial charge on any atom is 0.255 e. The van der Waals surface area contributed by atoms with Crippen LogP contribution in [0.4, 0.5) is 34.5 Å². The molecule has 0 bridgehead atoms. The number of carbonyl (C=O) groups is 1. The van der Waals surface area contributed by atoms with E-state index in [-0.39, 0.29) is 27.6 Å². The smallest absolute Gasteiger partial charge is 0.255 e. The zero-order valence-corrected chi connectivity index (χ0v) is 21.6. The standard InChI is InChI=1S/C26H25ClN6O3S/c1-16(2)37(35,36)23-9-4-3-8-22(23)32-24-21(27)15-29-26(33-24)31-20-7-5-6-19(14-20)30-25(34)17-10-12-18(28)13-11-17/h3-16H,28H2,1-2H3,(H,30,34)(H2,29,31,32,33). The summed E-state index contributed by atoms with van der Waals surface area (Å²) in [6, 6.07) is 20.2. The second-order valence-corrected chi connectivity index (χ2v) is 11.3. The van der Waals surface area contributed by atoms with E-state index in [4.69, 9.17) is 17.3 Å². The lowest BCUT2D eigenvalue weighted by atomic mass is 10.2. The van der Waals surface area contributed by atoms with E-state index in [9.17, 15) is 13.2 Å². The molecular weight excluding hydrogens is 512 g/mol. The molecule has 37 heavy (non-hydrogen) atoms. The molecule has 190 valence electrons. The van der Waals surface area contributed by atoms with Crippen molar-refractivity contribution < 1.29 is 13.2 Å². The highest BCUT2D eigenvalue weighted by Gasteiger charge is 2.23. The number of nitrogen functional groups attached to an aromatic ring is 1. The molecule has 0 aliphatic heterocycles. The van der Waals surface area contributed by atoms with Gasteiger partial charge < -0.3 is 21.7 Å². The summed E-state index contributed by atoms with van der Waals surface area (Å²) in [5, 5.41) is 8.55. The number of nitrogens with two attached hydrogens (primary N) is 1. The van der Waals surface area contributed by atoms with E-state index in [1.54, 1.807) is 80.6 Å². The molecule has 11 heteroatoms. The molecule has 3 aromatic carbocycles. The second kappa shape index (κ2) is 10.9. The fraction of sp³-hybridized carbons (Fsp3) is 0.115. The van der Waals surface area contributed by atoms with Gasteiger partial charge in [0.05, 0.1) is 22.0 Å². The van der Waals surface area contributed by atoms with Crippen molar-refractivity contribution in [1.82, 2.24) is 9.97 Å². The Morgan fingerprint density at radius 3 is 2.38 bits per heavy atom. The Morgan fingerprint density at radius 1 is 0.946 bits per heavy atom. The average molecular weight is 537 g/mol. The maximum absolute atomic E-state index is 12.8. The predicted octanol–water partition coefficient (Wildman–Crippen LogP) is 5.63. The molecule has 0 unspecified atom stereocenters. The van der Waals surface area contributed by atoms with Crippen LogP contribution in [-0.2, 0) is 9.84 Å². The minimum Gasteiger partial charge on any atom is -0.399 e. The highest BCUT2D eigenvalue weighted by molar-refractivity contribution is 7.92. The number of rotatable bonds is 8. The first-order chi connectivity index (χ1) is 17.6. The lowest BCUT2D eigenvalue weighted by Crippen LogP contribution is -2.15. The summed E-state index contributed by atoms with van der Waals surface area (Å²) in [6.07, 6.45) is 1.41. The van der Waals surface area contributed by atoms with Crippen LogP contribution in [0.25, 0.3) is 0 Å². The number of sulfone groups is 1. The molecular formula is C26H25ClN6O3S. The van der Waals surface area contributed by atoms with Crippen LogP contribution in [0.5, 0.6) is 0 Å². The zero-order valence-electron chi connectivity index (χ0n) is 20.1. The second-order valence-electron chi connectivity index (χ2n) is 8.39. The van der Waals surface area contributed by atoms with Gasteiger partial charge in [-0.05, 0) is 68.4 Å². The molecule has 0 radical (unpaired) electrons. The Labute approximate surface area is 220 Å². The van der Waals surface area contributed by atoms with E-state index in [1.165, 1.54) is 12.3 Å². The molecule has 0 saturated heterocycles. The van der Waals surface area contributed by atoms with Gasteiger partial charge in [0, 0.05) is 22.6 Å². The molecule has 0 atom stereocenters. The van der Waals surface area contributed by atoms with Gasteiger partial charge in [0.2, 0.25) is 5.95 Å². The molecule has 1 aromatic heterocycles. The van der Waals surface area contributed by atoms with Crippen LogP contribution >= 0.6 is 11.6 Å². The largest absolute Gasteiger partial charge is 0.399 e. The Bertz CT molecular complexity index is 1540. The summed E-state index contributed by atoms with van der Waals surface area (Å²) < 4.78 is 25.6. The van der Waals surface area contributed by atoms with Crippen LogP contribution in [0.1, 0.15) is 24.2 Å². The number of aromatic nitrogens is 2. The summed E-state index contributed by atoms with van der Waals surface area (Å²) in [7, 11) is -3.54. The van der Waals surface area contributed by atoms with E-state index < -0.39 is 15.1 Å². The van der Waals surface area contributed by atoms with Crippen molar-refractivity contribution in [2.24, 2.45) is 0 Å². The number of para-hydroxylation sites is 1. The van der Waals surface area contributed by atoms with Crippen molar-refractivity contribution in [2.45, 2.75) is 24.0 Å². The summed E-state index contributed by atoms with van der Waals surface area (Å²) in [5.74, 6) is 0.179. The Kier molecular flexibility index (Phi) is 7.61. The van der Waals surface area contributed by atoms with Crippen molar-refractivity contribution in [2.75, 3.05) is 21.7 Å². The van der Waals surface area contributed by atoms with Crippen molar-refractivity contribution in [3.8, 4) is 0 Å². The van der Waals surface area contributed by atoms with Crippen LogP contribution in [0.3, 0.4) is 0 Å². The van der Waals surface area contributed by atoms with Gasteiger partial charge in [-0.1, -0.05) is 29.8 Å². The first-order valence-electron chi connectivity index (χ1n) is 11.3. The number of halogens is 1. The quantitative estimate of drug-likeness (QED) is 0.212. The molecule has 0 aliphatic rings. The monoisotopic (exact) mass is 536 g/mol. The summed E-state index contributed by atoms with van der Waals surface area (Å²) in [4.78, 5) is 21.3. The molecule has 0 saturated carbocycles. The van der Waals surface area contributed by atoms with E-state index >= 15 is 0 Å². The Morgan fingerprint density at radius 2 is 1.65 bits per heavy atom. The normalized spacial score (nSPS) is 11.2. The first-order valence-corrected chi connectivity index (χ1v) is 13.2. The van der Waals surface area contributed by atoms with E-state index in [2.05, 4.69) is 25.9 Å². The number of carbonyl (C=O) groups excluding carboxylic acids is 1. The molecule has 0 aliphatic carbocycles. The third-order valence-corrected chi connectivity index (χ3v) is 7.85. The summed E-state index contributed by atoms with van der Waals surface area (Å²) >= 11 is 6.31. The molecule has 1 heterocycles. The molecule has 0 spiro atoms. The topological polar surface area (TPSA) is 139 Å². The van der Waals surface area contributed by atoms with Crippen LogP contribution in [0.15, 0.2) is 83.9 Å². The van der Waals surface area contributed by atoms with E-state index in [1.807, 2.05) is 0 Å². The molecule has 4 rings (SSSR count). The number of hydrogen-bond acceptors (Lipinski definition) is 8. The van der Waals surface area contributed by atoms with Crippen LogP contribution < -0.4 is 21.7 Å². The molecule has 0 fully saturated rings. The maximum atomic E-state index is 12.8. The number of nitrogens with one attached hydrogen (secondary N) is 3. The van der Waals surface area contributed by atoms with Gasteiger partial charge in [0.25, 0.3) is 5.91 Å². The van der Waals surface area contributed by atoms with Crippen LogP contribution in [0, 0.1) is 0 Å². The average Bonchev–Trinajstić information content (AvgIpc) is 2.87. The molecule has 9 nitrogen and oxygen atoms in total. The summed E-state index contributed by atoms with van der Waals surface area (Å²) in [5.41, 5.74) is 8.27. The Hall–Kier alpha value is -4.15. The molecule has 1 amide bonds. The van der Waals surface area contributed by atoms with Gasteiger partial charge in [-0.3, -0.25) is 4.79 Å². The number of amides is 1. The van der Waals surface area contributed by atoms with Gasteiger partial charge >= 0.3 is 0 Å². The fourth-order valence-corrected chi connectivity index (χ4v) is 4.70. The Balaban J connectivity index is 1.54. The minimum absolute atomic E-state index is 0.152. The van der Waals surface area contributed by atoms with Gasteiger partial charge in [0.15, 0.2) is 15.7 Å². The molecule has 4 aromatic rings. The zero-order chi connectivity index (χ0) is 26.6. The minimum atomic E-state index is -3.54. The van der Waals surface area contributed by atoms with Crippen molar-refractivity contribution in [3.05, 3.63) is 89.6 Å². The van der Waals surface area contributed by atoms with Crippen LogP contribution in [0.2, 0.25) is 5.02 Å². The van der Waals surface area contributed by atoms with Crippen LogP contribution in [-0.4, -0.2) is 29.5 Å². The lowest BCUT2D eigenvalue weighted by molar-refractivity contribution is 0.102. The number of benzene rings is 3. The fourth-order valence-electron chi connectivity index (χ4n) is 3.36. The predicted molar refractivity (Wildman–Crippen MR) is 148 cm³/mol. The highest BCUT2D eigenvalue weighted by Crippen LogP contribution is 2.30. The third-order valence-electron chi connectivity index (χ3n) is 5.36. The number of hydrogen-bond donors (Lipinski definition) is 4. The first kappa shape index (κ1) is 25.9. The van der Waals surface area contributed by atoms with Crippen molar-refractivity contribution in [1.29, 1.82) is 0 Å². The van der Waals surface area contributed by atoms with Crippen molar-refractivity contribution in [3.63, 3.8) is 0 Å². The highest BCUT2D eigenvalue weighted by atomic mass is 35.5. The number of nitrogens with zero attached hydrogens (tertiary/aromatic N) is 2. The van der Waals surface area contributed by atoms with E-state index in [0.717, 1.165) is 0 Å². The SMILES string of the molecule is CC(C)S(=O)(=O)c1ccccc1Nc1nc(Nc2cccc(NC(=O)c3ccc(N)cc3)c2)ncc1Cl. The molecule has 5 N–H and O–H groups in total. The van der Waals surface area contributed by atoms with Gasteiger partial charge in [-0.15, -0.1) is 0 Å². The number of anilines is 6. The third kappa shape index (κ3) is 6.16.